The second-order valence-electron chi connectivity index (χ2n) is 3.34. The molecule has 0 saturated carbocycles. The zero-order chi connectivity index (χ0) is 9.26. The molecule has 1 unspecified atom stereocenters. The second-order valence-corrected chi connectivity index (χ2v) is 3.34. The summed E-state index contributed by atoms with van der Waals surface area (Å²) in [7, 11) is 0. The number of hydrogen-bond acceptors (Lipinski definition) is 4. The molecule has 1 aliphatic heterocycles. The molecule has 2 rings (SSSR count). The Morgan fingerprint density at radius 3 is 3.15 bits per heavy atom. The quantitative estimate of drug-likeness (QED) is 0.688. The van der Waals surface area contributed by atoms with E-state index in [1.165, 1.54) is 0 Å². The molecule has 13 heavy (non-hydrogen) atoms. The van der Waals surface area contributed by atoms with Gasteiger partial charge in [-0.3, -0.25) is 4.79 Å². The van der Waals surface area contributed by atoms with Gasteiger partial charge in [0.1, 0.15) is 11.5 Å². The molecule has 1 atom stereocenters. The summed E-state index contributed by atoms with van der Waals surface area (Å²) in [6, 6.07) is 1.83. The van der Waals surface area contributed by atoms with Crippen molar-refractivity contribution >= 4 is 5.78 Å². The van der Waals surface area contributed by atoms with Crippen LogP contribution in [0.25, 0.3) is 0 Å². The van der Waals surface area contributed by atoms with Gasteiger partial charge in [-0.2, -0.15) is 0 Å². The number of Topliss-reactive ketones (excluding diaryl/α,β-unsaturated/α-hetero) is 1. The predicted molar refractivity (Wildman–Crippen MR) is 46.5 cm³/mol. The van der Waals surface area contributed by atoms with Gasteiger partial charge in [-0.05, 0) is 6.92 Å². The lowest BCUT2D eigenvalue weighted by molar-refractivity contribution is -0.121. The third-order valence-corrected chi connectivity index (χ3v) is 2.27. The molecule has 1 aliphatic rings. The maximum absolute atomic E-state index is 11.5. The Hall–Kier alpha value is -1.16. The van der Waals surface area contributed by atoms with Gasteiger partial charge in [0.25, 0.3) is 0 Å². The third-order valence-electron chi connectivity index (χ3n) is 2.27. The second kappa shape index (κ2) is 3.30. The van der Waals surface area contributed by atoms with Gasteiger partial charge < -0.3 is 9.84 Å². The van der Waals surface area contributed by atoms with Crippen molar-refractivity contribution in [2.24, 2.45) is 0 Å². The first-order valence-electron chi connectivity index (χ1n) is 4.44. The van der Waals surface area contributed by atoms with Crippen LogP contribution in [0, 0.1) is 6.92 Å². The van der Waals surface area contributed by atoms with Crippen molar-refractivity contribution in [1.29, 1.82) is 0 Å². The Morgan fingerprint density at radius 2 is 2.54 bits per heavy atom. The summed E-state index contributed by atoms with van der Waals surface area (Å²) in [4.78, 5) is 11.5. The molecule has 2 heterocycles. The highest BCUT2D eigenvalue weighted by atomic mass is 16.5. The Kier molecular flexibility index (Phi) is 2.14. The first-order chi connectivity index (χ1) is 6.27. The first-order valence-corrected chi connectivity index (χ1v) is 4.44. The fourth-order valence-corrected chi connectivity index (χ4v) is 1.55. The molecule has 1 N–H and O–H groups in total. The van der Waals surface area contributed by atoms with Gasteiger partial charge >= 0.3 is 0 Å². The van der Waals surface area contributed by atoms with Crippen molar-refractivity contribution in [1.82, 2.24) is 10.5 Å². The minimum absolute atomic E-state index is 0.130. The highest BCUT2D eigenvalue weighted by Crippen LogP contribution is 2.20. The molecule has 1 fully saturated rings. The molecule has 0 spiro atoms. The molecule has 4 heteroatoms. The fraction of sp³-hybridized carbons (Fsp3) is 0.556. The largest absolute Gasteiger partial charge is 0.360 e. The lowest BCUT2D eigenvalue weighted by Crippen LogP contribution is -2.35. The number of rotatable bonds is 1. The summed E-state index contributed by atoms with van der Waals surface area (Å²) in [6.45, 7) is 3.31. The van der Waals surface area contributed by atoms with E-state index in [1.54, 1.807) is 0 Å². The number of nitrogens with zero attached hydrogens (tertiary/aromatic N) is 1. The van der Waals surface area contributed by atoms with Crippen LogP contribution < -0.4 is 5.32 Å². The Bertz CT molecular complexity index is 319. The van der Waals surface area contributed by atoms with E-state index in [4.69, 9.17) is 4.52 Å². The van der Waals surface area contributed by atoms with Gasteiger partial charge in [-0.25, -0.2) is 0 Å². The summed E-state index contributed by atoms with van der Waals surface area (Å²) in [5.41, 5.74) is 0.827. The maximum Gasteiger partial charge on any atom is 0.148 e. The first kappa shape index (κ1) is 8.44. The summed E-state index contributed by atoms with van der Waals surface area (Å²) < 4.78 is 5.06. The smallest absolute Gasteiger partial charge is 0.148 e. The SMILES string of the molecule is Cc1cc(C2CNCCC2=O)on1. The van der Waals surface area contributed by atoms with Crippen LogP contribution in [0.2, 0.25) is 0 Å². The van der Waals surface area contributed by atoms with E-state index in [-0.39, 0.29) is 11.7 Å². The molecule has 1 aromatic rings. The highest BCUT2D eigenvalue weighted by molar-refractivity contribution is 5.86. The summed E-state index contributed by atoms with van der Waals surface area (Å²) in [5.74, 6) is 0.805. The van der Waals surface area contributed by atoms with E-state index in [0.717, 1.165) is 12.2 Å². The van der Waals surface area contributed by atoms with Crippen molar-refractivity contribution in [2.45, 2.75) is 19.3 Å². The van der Waals surface area contributed by atoms with Crippen LogP contribution in [-0.2, 0) is 4.79 Å². The van der Waals surface area contributed by atoms with E-state index in [0.29, 0.717) is 18.7 Å². The number of piperidine rings is 1. The van der Waals surface area contributed by atoms with Crippen LogP contribution in [0.5, 0.6) is 0 Å². The molecule has 0 aromatic carbocycles. The molecular formula is C9H12N2O2. The summed E-state index contributed by atoms with van der Waals surface area (Å²) in [5, 5.41) is 6.94. The van der Waals surface area contributed by atoms with Crippen molar-refractivity contribution in [3.05, 3.63) is 17.5 Å². The zero-order valence-corrected chi connectivity index (χ0v) is 7.54. The molecule has 0 aliphatic carbocycles. The maximum atomic E-state index is 11.5. The summed E-state index contributed by atoms with van der Waals surface area (Å²) >= 11 is 0. The molecule has 1 saturated heterocycles. The van der Waals surface area contributed by atoms with Crippen LogP contribution in [0.1, 0.15) is 23.8 Å². The number of hydrogen-bond donors (Lipinski definition) is 1. The third kappa shape index (κ3) is 1.62. The van der Waals surface area contributed by atoms with Crippen LogP contribution in [0.4, 0.5) is 0 Å². The van der Waals surface area contributed by atoms with Crippen LogP contribution >= 0.6 is 0 Å². The van der Waals surface area contributed by atoms with Gasteiger partial charge in [-0.1, -0.05) is 5.16 Å². The van der Waals surface area contributed by atoms with E-state index >= 15 is 0 Å². The monoisotopic (exact) mass is 180 g/mol. The predicted octanol–water partition coefficient (Wildman–Crippen LogP) is 0.629. The molecule has 0 bridgehead atoms. The Balaban J connectivity index is 2.19. The average molecular weight is 180 g/mol. The highest BCUT2D eigenvalue weighted by Gasteiger charge is 2.26. The minimum Gasteiger partial charge on any atom is -0.360 e. The number of aryl methyl sites for hydroxylation is 1. The molecular weight excluding hydrogens is 168 g/mol. The minimum atomic E-state index is -0.130. The van der Waals surface area contributed by atoms with Gasteiger partial charge in [0.2, 0.25) is 0 Å². The van der Waals surface area contributed by atoms with E-state index in [1.807, 2.05) is 13.0 Å². The number of carbonyl (C=O) groups is 1. The normalized spacial score (nSPS) is 23.5. The Morgan fingerprint density at radius 1 is 1.69 bits per heavy atom. The number of ketones is 1. The number of nitrogens with one attached hydrogen (secondary N) is 1. The number of aromatic nitrogens is 1. The fourth-order valence-electron chi connectivity index (χ4n) is 1.55. The topological polar surface area (TPSA) is 55.1 Å². The van der Waals surface area contributed by atoms with Crippen molar-refractivity contribution in [2.75, 3.05) is 13.1 Å². The lowest BCUT2D eigenvalue weighted by Gasteiger charge is -2.18. The van der Waals surface area contributed by atoms with Gasteiger partial charge in [0.15, 0.2) is 0 Å². The zero-order valence-electron chi connectivity index (χ0n) is 7.54. The van der Waals surface area contributed by atoms with Crippen LogP contribution in [0.3, 0.4) is 0 Å². The lowest BCUT2D eigenvalue weighted by atomic mass is 9.95. The summed E-state index contributed by atoms with van der Waals surface area (Å²) in [6.07, 6.45) is 0.588. The van der Waals surface area contributed by atoms with Crippen LogP contribution in [0.15, 0.2) is 10.6 Å². The van der Waals surface area contributed by atoms with Gasteiger partial charge in [0.05, 0.1) is 11.6 Å². The van der Waals surface area contributed by atoms with Crippen molar-refractivity contribution in [3.63, 3.8) is 0 Å². The molecule has 0 radical (unpaired) electrons. The number of carbonyl (C=O) groups excluding carboxylic acids is 1. The van der Waals surface area contributed by atoms with Crippen molar-refractivity contribution < 1.29 is 9.32 Å². The Labute approximate surface area is 76.3 Å². The van der Waals surface area contributed by atoms with Gasteiger partial charge in [0, 0.05) is 25.6 Å². The molecule has 0 amide bonds. The molecule has 4 nitrogen and oxygen atoms in total. The van der Waals surface area contributed by atoms with Crippen LogP contribution in [-0.4, -0.2) is 24.0 Å². The van der Waals surface area contributed by atoms with E-state index in [9.17, 15) is 4.79 Å². The van der Waals surface area contributed by atoms with E-state index in [2.05, 4.69) is 10.5 Å². The molecule has 70 valence electrons. The van der Waals surface area contributed by atoms with Crippen molar-refractivity contribution in [3.8, 4) is 0 Å². The average Bonchev–Trinajstić information content (AvgIpc) is 2.53. The van der Waals surface area contributed by atoms with E-state index < -0.39 is 0 Å². The molecule has 1 aromatic heterocycles. The standard InChI is InChI=1S/C9H12N2O2/c1-6-4-9(13-11-6)7-5-10-3-2-8(7)12/h4,7,10H,2-3,5H2,1H3. The van der Waals surface area contributed by atoms with Gasteiger partial charge in [-0.15, -0.1) is 0 Å².